The fourth-order valence-corrected chi connectivity index (χ4v) is 3.01. The molecule has 0 saturated heterocycles. The maximum atomic E-state index is 13.1. The van der Waals surface area contributed by atoms with Crippen molar-refractivity contribution in [3.05, 3.63) is 66.2 Å². The molecular weight excluding hydrogens is 411 g/mol. The number of anilines is 1. The van der Waals surface area contributed by atoms with Crippen molar-refractivity contribution in [1.29, 1.82) is 0 Å². The van der Waals surface area contributed by atoms with E-state index in [1.807, 2.05) is 31.2 Å². The molecule has 0 aliphatic heterocycles. The smallest absolute Gasteiger partial charge is 0.416 e. The highest BCUT2D eigenvalue weighted by Crippen LogP contribution is 2.33. The standard InChI is InChI=1S/C21H22F3N5O2/c1-3-31-17-7-4-15(5-8-17)11-28(2)12-20(30)27-18-10-16(21(22,23)24)6-9-19(18)29-14-25-13-26-29/h4-10,13-14H,3,11-12H2,1-2H3,(H,27,30). The fourth-order valence-electron chi connectivity index (χ4n) is 3.01. The number of amides is 1. The van der Waals surface area contributed by atoms with Gasteiger partial charge in [0, 0.05) is 6.54 Å². The molecule has 3 aromatic rings. The maximum Gasteiger partial charge on any atom is 0.416 e. The van der Waals surface area contributed by atoms with Gasteiger partial charge in [-0.2, -0.15) is 18.3 Å². The Labute approximate surface area is 177 Å². The summed E-state index contributed by atoms with van der Waals surface area (Å²) in [6, 6.07) is 10.6. The summed E-state index contributed by atoms with van der Waals surface area (Å²) in [5, 5.41) is 6.50. The number of ether oxygens (including phenoxy) is 1. The van der Waals surface area contributed by atoms with Gasteiger partial charge in [-0.05, 0) is 49.9 Å². The van der Waals surface area contributed by atoms with Crippen LogP contribution in [0, 0.1) is 0 Å². The Morgan fingerprint density at radius 1 is 1.19 bits per heavy atom. The molecule has 2 aromatic carbocycles. The minimum absolute atomic E-state index is 0.000192. The summed E-state index contributed by atoms with van der Waals surface area (Å²) in [5.74, 6) is 0.311. The number of nitrogens with zero attached hydrogens (tertiary/aromatic N) is 4. The highest BCUT2D eigenvalue weighted by molar-refractivity contribution is 5.94. The van der Waals surface area contributed by atoms with Crippen LogP contribution in [-0.4, -0.2) is 45.8 Å². The minimum atomic E-state index is -4.54. The molecule has 0 spiro atoms. The average molecular weight is 433 g/mol. The molecule has 0 saturated carbocycles. The van der Waals surface area contributed by atoms with Crippen LogP contribution in [0.3, 0.4) is 0 Å². The van der Waals surface area contributed by atoms with Gasteiger partial charge in [-0.1, -0.05) is 12.1 Å². The molecule has 0 atom stereocenters. The molecule has 1 amide bonds. The Hall–Kier alpha value is -3.40. The fraction of sp³-hybridized carbons (Fsp3) is 0.286. The van der Waals surface area contributed by atoms with Gasteiger partial charge in [0.25, 0.3) is 0 Å². The molecule has 1 aromatic heterocycles. The van der Waals surface area contributed by atoms with E-state index in [0.717, 1.165) is 23.4 Å². The Morgan fingerprint density at radius 2 is 1.94 bits per heavy atom. The van der Waals surface area contributed by atoms with Gasteiger partial charge in [0.1, 0.15) is 18.4 Å². The van der Waals surface area contributed by atoms with E-state index in [9.17, 15) is 18.0 Å². The predicted molar refractivity (Wildman–Crippen MR) is 109 cm³/mol. The zero-order valence-corrected chi connectivity index (χ0v) is 17.1. The van der Waals surface area contributed by atoms with Gasteiger partial charge in [-0.15, -0.1) is 0 Å². The molecule has 0 aliphatic carbocycles. The van der Waals surface area contributed by atoms with Gasteiger partial charge in [0.2, 0.25) is 5.91 Å². The van der Waals surface area contributed by atoms with E-state index < -0.39 is 17.6 Å². The minimum Gasteiger partial charge on any atom is -0.494 e. The van der Waals surface area contributed by atoms with Crippen LogP contribution in [0.4, 0.5) is 18.9 Å². The van der Waals surface area contributed by atoms with E-state index >= 15 is 0 Å². The van der Waals surface area contributed by atoms with E-state index in [1.54, 1.807) is 11.9 Å². The van der Waals surface area contributed by atoms with E-state index in [0.29, 0.717) is 13.2 Å². The molecule has 31 heavy (non-hydrogen) atoms. The van der Waals surface area contributed by atoms with Crippen molar-refractivity contribution in [1.82, 2.24) is 19.7 Å². The number of aromatic nitrogens is 3. The number of halogens is 3. The number of nitrogens with one attached hydrogen (secondary N) is 1. The van der Waals surface area contributed by atoms with Crippen LogP contribution in [0.5, 0.6) is 5.75 Å². The summed E-state index contributed by atoms with van der Waals surface area (Å²) < 4.78 is 46.1. The average Bonchev–Trinajstić information content (AvgIpc) is 3.23. The van der Waals surface area contributed by atoms with Crippen LogP contribution < -0.4 is 10.1 Å². The summed E-state index contributed by atoms with van der Waals surface area (Å²) in [5.41, 5.74) is 0.392. The number of carbonyl (C=O) groups excluding carboxylic acids is 1. The Kier molecular flexibility index (Phi) is 6.91. The summed E-state index contributed by atoms with van der Waals surface area (Å²) in [7, 11) is 1.75. The van der Waals surface area contributed by atoms with Crippen molar-refractivity contribution < 1.29 is 22.7 Å². The van der Waals surface area contributed by atoms with Gasteiger partial charge >= 0.3 is 6.18 Å². The lowest BCUT2D eigenvalue weighted by atomic mass is 10.1. The first-order valence-electron chi connectivity index (χ1n) is 9.52. The van der Waals surface area contributed by atoms with Gasteiger partial charge in [0.15, 0.2) is 0 Å². The lowest BCUT2D eigenvalue weighted by molar-refractivity contribution is -0.137. The Morgan fingerprint density at radius 3 is 2.55 bits per heavy atom. The number of alkyl halides is 3. The third-order valence-electron chi connectivity index (χ3n) is 4.36. The first-order valence-corrected chi connectivity index (χ1v) is 9.52. The largest absolute Gasteiger partial charge is 0.494 e. The zero-order chi connectivity index (χ0) is 22.4. The van der Waals surface area contributed by atoms with Crippen LogP contribution in [-0.2, 0) is 17.5 Å². The van der Waals surface area contributed by atoms with Crippen molar-refractivity contribution in [2.24, 2.45) is 0 Å². The van der Waals surface area contributed by atoms with Crippen LogP contribution in [0.2, 0.25) is 0 Å². The molecule has 7 nitrogen and oxygen atoms in total. The molecule has 10 heteroatoms. The third-order valence-corrected chi connectivity index (χ3v) is 4.36. The molecule has 1 N–H and O–H groups in total. The lowest BCUT2D eigenvalue weighted by Crippen LogP contribution is -2.30. The van der Waals surface area contributed by atoms with Gasteiger partial charge in [-0.3, -0.25) is 9.69 Å². The van der Waals surface area contributed by atoms with Gasteiger partial charge in [0.05, 0.1) is 30.1 Å². The van der Waals surface area contributed by atoms with Gasteiger partial charge in [-0.25, -0.2) is 9.67 Å². The molecule has 1 heterocycles. The first kappa shape index (κ1) is 22.3. The van der Waals surface area contributed by atoms with Gasteiger partial charge < -0.3 is 10.1 Å². The van der Waals surface area contributed by atoms with Crippen molar-refractivity contribution >= 4 is 11.6 Å². The molecule has 164 valence electrons. The first-order chi connectivity index (χ1) is 14.8. The summed E-state index contributed by atoms with van der Waals surface area (Å²) in [6.07, 6.45) is -1.94. The van der Waals surface area contributed by atoms with Crippen LogP contribution >= 0.6 is 0 Å². The molecule has 3 rings (SSSR count). The molecule has 0 fully saturated rings. The van der Waals surface area contributed by atoms with Crippen molar-refractivity contribution in [2.75, 3.05) is 25.5 Å². The highest BCUT2D eigenvalue weighted by atomic mass is 19.4. The van der Waals surface area contributed by atoms with E-state index in [1.165, 1.54) is 23.4 Å². The maximum absolute atomic E-state index is 13.1. The van der Waals surface area contributed by atoms with E-state index in [4.69, 9.17) is 4.74 Å². The second kappa shape index (κ2) is 9.61. The SMILES string of the molecule is CCOc1ccc(CN(C)CC(=O)Nc2cc(C(F)(F)F)ccc2-n2cncn2)cc1. The van der Waals surface area contributed by atoms with E-state index in [2.05, 4.69) is 15.4 Å². The van der Waals surface area contributed by atoms with Crippen LogP contribution in [0.1, 0.15) is 18.1 Å². The number of likely N-dealkylation sites (N-methyl/N-ethyl adjacent to an activating group) is 1. The second-order valence-electron chi connectivity index (χ2n) is 6.87. The normalized spacial score (nSPS) is 11.5. The Balaban J connectivity index is 1.70. The quantitative estimate of drug-likeness (QED) is 0.586. The van der Waals surface area contributed by atoms with Crippen molar-refractivity contribution in [3.63, 3.8) is 0 Å². The molecular formula is C21H22F3N5O2. The molecule has 0 radical (unpaired) electrons. The zero-order valence-electron chi connectivity index (χ0n) is 17.1. The number of hydrogen-bond donors (Lipinski definition) is 1. The Bertz CT molecular complexity index is 1000. The van der Waals surface area contributed by atoms with Crippen molar-refractivity contribution in [2.45, 2.75) is 19.6 Å². The summed E-state index contributed by atoms with van der Waals surface area (Å²) in [4.78, 5) is 18.1. The predicted octanol–water partition coefficient (Wildman–Crippen LogP) is 3.76. The summed E-state index contributed by atoms with van der Waals surface area (Å²) in [6.45, 7) is 2.95. The lowest BCUT2D eigenvalue weighted by Gasteiger charge is -2.18. The van der Waals surface area contributed by atoms with Crippen molar-refractivity contribution in [3.8, 4) is 11.4 Å². The number of hydrogen-bond acceptors (Lipinski definition) is 5. The molecule has 0 bridgehead atoms. The second-order valence-corrected chi connectivity index (χ2v) is 6.87. The number of rotatable bonds is 8. The third kappa shape index (κ3) is 6.05. The summed E-state index contributed by atoms with van der Waals surface area (Å²) >= 11 is 0. The topological polar surface area (TPSA) is 72.3 Å². The van der Waals surface area contributed by atoms with Crippen LogP contribution in [0.15, 0.2) is 55.1 Å². The monoisotopic (exact) mass is 433 g/mol. The number of carbonyl (C=O) groups is 1. The highest BCUT2D eigenvalue weighted by Gasteiger charge is 2.31. The van der Waals surface area contributed by atoms with Crippen LogP contribution in [0.25, 0.3) is 5.69 Å². The molecule has 0 aliphatic rings. The number of benzene rings is 2. The van der Waals surface area contributed by atoms with E-state index in [-0.39, 0.29) is 17.9 Å². The molecule has 0 unspecified atom stereocenters.